The molecule has 0 saturated carbocycles. The lowest BCUT2D eigenvalue weighted by molar-refractivity contribution is 0.0586. The number of thiazole rings is 1. The first-order chi connectivity index (χ1) is 11.8. The number of amides is 1. The number of nitrogens with zero attached hydrogens (tertiary/aromatic N) is 4. The van der Waals surface area contributed by atoms with Crippen LogP contribution >= 0.6 is 11.3 Å². The van der Waals surface area contributed by atoms with Crippen molar-refractivity contribution in [2.75, 3.05) is 13.1 Å². The van der Waals surface area contributed by atoms with E-state index in [4.69, 9.17) is 4.74 Å². The number of aromatic nitrogens is 3. The third-order valence-corrected chi connectivity index (χ3v) is 4.93. The highest BCUT2D eigenvalue weighted by Gasteiger charge is 2.25. The van der Waals surface area contributed by atoms with Gasteiger partial charge in [-0.2, -0.15) is 5.10 Å². The molecule has 3 aromatic rings. The lowest BCUT2D eigenvalue weighted by atomic mass is 10.1. The maximum Gasteiger partial charge on any atom is 0.253 e. The van der Waals surface area contributed by atoms with Crippen LogP contribution in [0.1, 0.15) is 23.2 Å². The molecule has 0 unspecified atom stereocenters. The molecule has 1 amide bonds. The Bertz CT molecular complexity index is 844. The number of ether oxygens (including phenoxy) is 1. The highest BCUT2D eigenvalue weighted by atomic mass is 32.1. The first-order valence-corrected chi connectivity index (χ1v) is 8.74. The Balaban J connectivity index is 1.39. The van der Waals surface area contributed by atoms with E-state index in [2.05, 4.69) is 15.2 Å². The van der Waals surface area contributed by atoms with Crippen LogP contribution < -0.4 is 4.74 Å². The molecular formula is C17H16N4O2S. The highest BCUT2D eigenvalue weighted by molar-refractivity contribution is 7.16. The molecule has 1 fully saturated rings. The molecule has 1 aromatic carbocycles. The molecule has 3 heterocycles. The molecule has 24 heavy (non-hydrogen) atoms. The lowest BCUT2D eigenvalue weighted by Crippen LogP contribution is -2.41. The van der Waals surface area contributed by atoms with Gasteiger partial charge in [-0.15, -0.1) is 16.4 Å². The highest BCUT2D eigenvalue weighted by Crippen LogP contribution is 2.22. The van der Waals surface area contributed by atoms with E-state index in [0.717, 1.165) is 28.6 Å². The summed E-state index contributed by atoms with van der Waals surface area (Å²) in [5.41, 5.74) is 3.46. The average Bonchev–Trinajstić information content (AvgIpc) is 3.10. The first-order valence-electron chi connectivity index (χ1n) is 7.86. The van der Waals surface area contributed by atoms with Crippen molar-refractivity contribution in [2.24, 2.45) is 0 Å². The van der Waals surface area contributed by atoms with Gasteiger partial charge in [0.1, 0.15) is 6.10 Å². The maximum atomic E-state index is 12.7. The van der Waals surface area contributed by atoms with E-state index in [0.29, 0.717) is 19.0 Å². The molecule has 122 valence electrons. The van der Waals surface area contributed by atoms with Gasteiger partial charge in [-0.3, -0.25) is 4.79 Å². The summed E-state index contributed by atoms with van der Waals surface area (Å²) in [6.45, 7) is 1.37. The molecule has 4 rings (SSSR count). The molecule has 0 N–H and O–H groups in total. The van der Waals surface area contributed by atoms with Gasteiger partial charge in [0.05, 0.1) is 15.7 Å². The third kappa shape index (κ3) is 3.07. The minimum Gasteiger partial charge on any atom is -0.473 e. The second-order valence-corrected chi connectivity index (χ2v) is 6.59. The predicted octanol–water partition coefficient (Wildman–Crippen LogP) is 2.77. The predicted molar refractivity (Wildman–Crippen MR) is 91.2 cm³/mol. The summed E-state index contributed by atoms with van der Waals surface area (Å²) in [7, 11) is 0. The number of piperidine rings is 1. The molecule has 0 bridgehead atoms. The van der Waals surface area contributed by atoms with Crippen molar-refractivity contribution in [1.82, 2.24) is 20.1 Å². The van der Waals surface area contributed by atoms with Crippen LogP contribution in [0.3, 0.4) is 0 Å². The lowest BCUT2D eigenvalue weighted by Gasteiger charge is -2.31. The van der Waals surface area contributed by atoms with E-state index in [9.17, 15) is 4.79 Å². The molecule has 1 aliphatic heterocycles. The van der Waals surface area contributed by atoms with E-state index in [1.54, 1.807) is 35.2 Å². The van der Waals surface area contributed by atoms with E-state index >= 15 is 0 Å². The number of carbonyl (C=O) groups is 1. The van der Waals surface area contributed by atoms with Gasteiger partial charge in [-0.1, -0.05) is 0 Å². The Labute approximate surface area is 143 Å². The molecule has 0 atom stereocenters. The quantitative estimate of drug-likeness (QED) is 0.733. The summed E-state index contributed by atoms with van der Waals surface area (Å²) in [5.74, 6) is 0.612. The molecule has 0 spiro atoms. The summed E-state index contributed by atoms with van der Waals surface area (Å²) in [6, 6.07) is 9.29. The van der Waals surface area contributed by atoms with Crippen LogP contribution in [-0.2, 0) is 0 Å². The van der Waals surface area contributed by atoms with E-state index in [-0.39, 0.29) is 12.0 Å². The molecule has 1 aliphatic rings. The monoisotopic (exact) mass is 340 g/mol. The normalized spacial score (nSPS) is 15.6. The molecule has 0 aliphatic carbocycles. The van der Waals surface area contributed by atoms with Crippen molar-refractivity contribution < 1.29 is 9.53 Å². The SMILES string of the molecule is O=C(c1ccc2ncsc2c1)N1CCC(Oc2cccnn2)CC1. The van der Waals surface area contributed by atoms with E-state index in [1.165, 1.54) is 0 Å². The van der Waals surface area contributed by atoms with Crippen LogP contribution in [0.4, 0.5) is 0 Å². The summed E-state index contributed by atoms with van der Waals surface area (Å²) in [5, 5.41) is 7.75. The number of hydrogen-bond acceptors (Lipinski definition) is 6. The Morgan fingerprint density at radius 3 is 2.92 bits per heavy atom. The second kappa shape index (κ2) is 6.52. The minimum atomic E-state index is 0.0725. The molecule has 7 heteroatoms. The van der Waals surface area contributed by atoms with Crippen LogP contribution in [0.5, 0.6) is 5.88 Å². The van der Waals surface area contributed by atoms with Crippen molar-refractivity contribution in [3.8, 4) is 5.88 Å². The van der Waals surface area contributed by atoms with Crippen LogP contribution in [-0.4, -0.2) is 45.2 Å². The Morgan fingerprint density at radius 2 is 2.12 bits per heavy atom. The topological polar surface area (TPSA) is 68.2 Å². The fraction of sp³-hybridized carbons (Fsp3) is 0.294. The third-order valence-electron chi connectivity index (χ3n) is 4.14. The largest absolute Gasteiger partial charge is 0.473 e. The summed E-state index contributed by atoms with van der Waals surface area (Å²) < 4.78 is 6.86. The number of carbonyl (C=O) groups excluding carboxylic acids is 1. The van der Waals surface area contributed by atoms with Crippen molar-refractivity contribution >= 4 is 27.5 Å². The smallest absolute Gasteiger partial charge is 0.253 e. The van der Waals surface area contributed by atoms with Crippen LogP contribution in [0.25, 0.3) is 10.2 Å². The van der Waals surface area contributed by atoms with Crippen LogP contribution in [0.15, 0.2) is 42.0 Å². The number of likely N-dealkylation sites (tertiary alicyclic amines) is 1. The zero-order valence-electron chi connectivity index (χ0n) is 13.0. The van der Waals surface area contributed by atoms with Crippen molar-refractivity contribution in [3.05, 3.63) is 47.6 Å². The summed E-state index contributed by atoms with van der Waals surface area (Å²) in [6.07, 6.45) is 3.29. The van der Waals surface area contributed by atoms with Gasteiger partial charge in [0.25, 0.3) is 5.91 Å². The zero-order valence-corrected chi connectivity index (χ0v) is 13.8. The molecule has 2 aromatic heterocycles. The van der Waals surface area contributed by atoms with Gasteiger partial charge in [0.15, 0.2) is 0 Å². The first kappa shape index (κ1) is 15.0. The molecular weight excluding hydrogens is 324 g/mol. The second-order valence-electron chi connectivity index (χ2n) is 5.71. The molecule has 1 saturated heterocycles. The number of fused-ring (bicyclic) bond motifs is 1. The number of benzene rings is 1. The van der Waals surface area contributed by atoms with Gasteiger partial charge in [0.2, 0.25) is 5.88 Å². The van der Waals surface area contributed by atoms with Gasteiger partial charge >= 0.3 is 0 Å². The van der Waals surface area contributed by atoms with E-state index in [1.807, 2.05) is 23.1 Å². The number of rotatable bonds is 3. The fourth-order valence-electron chi connectivity index (χ4n) is 2.87. The summed E-state index contributed by atoms with van der Waals surface area (Å²) >= 11 is 1.55. The standard InChI is InChI=1S/C17H16N4O2S/c22-17(12-3-4-14-15(10-12)24-11-18-14)21-8-5-13(6-9-21)23-16-2-1-7-19-20-16/h1-4,7,10-11,13H,5-6,8-9H2. The van der Waals surface area contributed by atoms with Gasteiger partial charge in [-0.25, -0.2) is 4.98 Å². The number of hydrogen-bond donors (Lipinski definition) is 0. The van der Waals surface area contributed by atoms with Gasteiger partial charge < -0.3 is 9.64 Å². The summed E-state index contributed by atoms with van der Waals surface area (Å²) in [4.78, 5) is 18.8. The van der Waals surface area contributed by atoms with E-state index < -0.39 is 0 Å². The van der Waals surface area contributed by atoms with Crippen LogP contribution in [0.2, 0.25) is 0 Å². The van der Waals surface area contributed by atoms with Gasteiger partial charge in [0, 0.05) is 43.8 Å². The van der Waals surface area contributed by atoms with Crippen molar-refractivity contribution in [2.45, 2.75) is 18.9 Å². The Kier molecular flexibility index (Phi) is 4.08. The maximum absolute atomic E-state index is 12.7. The average molecular weight is 340 g/mol. The zero-order chi connectivity index (χ0) is 16.4. The molecule has 0 radical (unpaired) electrons. The minimum absolute atomic E-state index is 0.0725. The van der Waals surface area contributed by atoms with Crippen molar-refractivity contribution in [1.29, 1.82) is 0 Å². The molecule has 6 nitrogen and oxygen atoms in total. The van der Waals surface area contributed by atoms with Crippen molar-refractivity contribution in [3.63, 3.8) is 0 Å². The van der Waals surface area contributed by atoms with Gasteiger partial charge in [-0.05, 0) is 24.3 Å². The Hall–Kier alpha value is -2.54. The fourth-order valence-corrected chi connectivity index (χ4v) is 3.58. The van der Waals surface area contributed by atoms with Crippen LogP contribution in [0, 0.1) is 0 Å². The Morgan fingerprint density at radius 1 is 1.25 bits per heavy atom.